The van der Waals surface area contributed by atoms with Crippen LogP contribution < -0.4 is 15.2 Å². The van der Waals surface area contributed by atoms with Crippen LogP contribution in [0, 0.1) is 6.92 Å². The molecular weight excluding hydrogens is 318 g/mol. The van der Waals surface area contributed by atoms with Gasteiger partial charge in [0.25, 0.3) is 11.5 Å². The molecule has 25 heavy (non-hydrogen) atoms. The molecule has 1 aromatic heterocycles. The van der Waals surface area contributed by atoms with Crippen molar-refractivity contribution in [3.05, 3.63) is 58.0 Å². The quantitative estimate of drug-likeness (QED) is 0.849. The van der Waals surface area contributed by atoms with Crippen LogP contribution in [0.5, 0.6) is 5.75 Å². The topological polar surface area (TPSA) is 54.8 Å². The van der Waals surface area contributed by atoms with Crippen molar-refractivity contribution in [1.29, 1.82) is 0 Å². The van der Waals surface area contributed by atoms with Crippen molar-refractivity contribution in [3.63, 3.8) is 0 Å². The van der Waals surface area contributed by atoms with Gasteiger partial charge in [-0.05, 0) is 31.2 Å². The number of aryl methyl sites for hydroxylation is 1. The van der Waals surface area contributed by atoms with Crippen LogP contribution in [0.15, 0.2) is 41.2 Å². The zero-order valence-corrected chi connectivity index (χ0v) is 15.0. The lowest BCUT2D eigenvalue weighted by Crippen LogP contribution is -2.56. The molecule has 1 aliphatic rings. The molecule has 1 amide bonds. The maximum atomic E-state index is 12.6. The molecule has 1 fully saturated rings. The SMILES string of the molecule is Cc1cc(OC2CN(C(=O)c3cccc(N(C)C)c3)C2)cc(=O)n1C. The number of carbonyl (C=O) groups is 1. The number of benzene rings is 1. The van der Waals surface area contributed by atoms with Gasteiger partial charge in [0.1, 0.15) is 11.9 Å². The fourth-order valence-electron chi connectivity index (χ4n) is 2.78. The molecule has 3 rings (SSSR count). The van der Waals surface area contributed by atoms with Crippen LogP contribution in [-0.2, 0) is 7.05 Å². The largest absolute Gasteiger partial charge is 0.486 e. The van der Waals surface area contributed by atoms with Crippen molar-refractivity contribution in [2.75, 3.05) is 32.1 Å². The minimum absolute atomic E-state index is 0.00343. The van der Waals surface area contributed by atoms with E-state index < -0.39 is 0 Å². The van der Waals surface area contributed by atoms with Crippen LogP contribution >= 0.6 is 0 Å². The molecule has 2 heterocycles. The summed E-state index contributed by atoms with van der Waals surface area (Å²) in [6, 6.07) is 10.9. The highest BCUT2D eigenvalue weighted by Gasteiger charge is 2.33. The number of likely N-dealkylation sites (tertiary alicyclic amines) is 1. The number of amides is 1. The maximum absolute atomic E-state index is 12.6. The third-order valence-corrected chi connectivity index (χ3v) is 4.52. The molecule has 6 heteroatoms. The minimum Gasteiger partial charge on any atom is -0.486 e. The lowest BCUT2D eigenvalue weighted by Gasteiger charge is -2.39. The van der Waals surface area contributed by atoms with Crippen molar-refractivity contribution in [2.24, 2.45) is 7.05 Å². The number of ether oxygens (including phenoxy) is 1. The molecule has 0 bridgehead atoms. The third kappa shape index (κ3) is 3.52. The Morgan fingerprint density at radius 2 is 1.92 bits per heavy atom. The van der Waals surface area contributed by atoms with Crippen LogP contribution in [-0.4, -0.2) is 48.7 Å². The molecule has 0 atom stereocenters. The molecule has 0 saturated carbocycles. The number of hydrogen-bond acceptors (Lipinski definition) is 4. The molecule has 0 aliphatic carbocycles. The summed E-state index contributed by atoms with van der Waals surface area (Å²) < 4.78 is 7.40. The first-order valence-electron chi connectivity index (χ1n) is 8.26. The third-order valence-electron chi connectivity index (χ3n) is 4.52. The second-order valence-electron chi connectivity index (χ2n) is 6.62. The monoisotopic (exact) mass is 341 g/mol. The Hall–Kier alpha value is -2.76. The van der Waals surface area contributed by atoms with E-state index in [9.17, 15) is 9.59 Å². The van der Waals surface area contributed by atoms with Crippen LogP contribution in [0.25, 0.3) is 0 Å². The van der Waals surface area contributed by atoms with E-state index in [1.807, 2.05) is 56.3 Å². The van der Waals surface area contributed by atoms with Crippen molar-refractivity contribution in [3.8, 4) is 5.75 Å². The van der Waals surface area contributed by atoms with Crippen LogP contribution in [0.2, 0.25) is 0 Å². The molecule has 1 saturated heterocycles. The van der Waals surface area contributed by atoms with Gasteiger partial charge in [0, 0.05) is 44.2 Å². The average molecular weight is 341 g/mol. The number of nitrogens with zero attached hydrogens (tertiary/aromatic N) is 3. The summed E-state index contributed by atoms with van der Waals surface area (Å²) in [6.07, 6.45) is -0.0764. The van der Waals surface area contributed by atoms with Crippen molar-refractivity contribution < 1.29 is 9.53 Å². The molecule has 0 radical (unpaired) electrons. The van der Waals surface area contributed by atoms with Gasteiger partial charge < -0.3 is 19.1 Å². The Kier molecular flexibility index (Phi) is 4.53. The van der Waals surface area contributed by atoms with Gasteiger partial charge in [-0.1, -0.05) is 6.07 Å². The highest BCUT2D eigenvalue weighted by atomic mass is 16.5. The fourth-order valence-corrected chi connectivity index (χ4v) is 2.78. The number of pyridine rings is 1. The van der Waals surface area contributed by atoms with Gasteiger partial charge >= 0.3 is 0 Å². The Bertz CT molecular complexity index is 851. The van der Waals surface area contributed by atoms with Crippen molar-refractivity contribution in [2.45, 2.75) is 13.0 Å². The van der Waals surface area contributed by atoms with E-state index in [1.54, 1.807) is 16.5 Å². The molecular formula is C19H23N3O3. The van der Waals surface area contributed by atoms with Crippen molar-refractivity contribution >= 4 is 11.6 Å². The van der Waals surface area contributed by atoms with Gasteiger partial charge in [0.05, 0.1) is 13.1 Å². The zero-order valence-electron chi connectivity index (χ0n) is 15.0. The van der Waals surface area contributed by atoms with E-state index in [1.165, 1.54) is 6.07 Å². The standard InChI is InChI=1S/C19H23N3O3/c1-13-8-16(10-18(23)21(13)4)25-17-11-22(12-17)19(24)14-6-5-7-15(9-14)20(2)3/h5-10,17H,11-12H2,1-4H3. The lowest BCUT2D eigenvalue weighted by atomic mass is 10.1. The van der Waals surface area contributed by atoms with Gasteiger partial charge in [-0.3, -0.25) is 9.59 Å². The maximum Gasteiger partial charge on any atom is 0.254 e. The smallest absolute Gasteiger partial charge is 0.254 e. The Morgan fingerprint density at radius 3 is 2.56 bits per heavy atom. The fraction of sp³-hybridized carbons (Fsp3) is 0.368. The number of aromatic nitrogens is 1. The Balaban J connectivity index is 1.62. The predicted octanol–water partition coefficient (Wildman–Crippen LogP) is 1.66. The molecule has 132 valence electrons. The summed E-state index contributed by atoms with van der Waals surface area (Å²) in [4.78, 5) is 28.1. The first-order valence-corrected chi connectivity index (χ1v) is 8.26. The molecule has 0 spiro atoms. The summed E-state index contributed by atoms with van der Waals surface area (Å²) in [5.41, 5.74) is 2.42. The summed E-state index contributed by atoms with van der Waals surface area (Å²) in [6.45, 7) is 2.92. The molecule has 1 aliphatic heterocycles. The average Bonchev–Trinajstić information content (AvgIpc) is 2.55. The van der Waals surface area contributed by atoms with Crippen LogP contribution in [0.1, 0.15) is 16.1 Å². The first kappa shape index (κ1) is 17.1. The van der Waals surface area contributed by atoms with E-state index in [2.05, 4.69) is 0 Å². The van der Waals surface area contributed by atoms with Crippen LogP contribution in [0.4, 0.5) is 5.69 Å². The highest BCUT2D eigenvalue weighted by Crippen LogP contribution is 2.21. The van der Waals surface area contributed by atoms with Gasteiger partial charge in [-0.2, -0.15) is 0 Å². The van der Waals surface area contributed by atoms with E-state index in [4.69, 9.17) is 4.74 Å². The molecule has 1 aromatic carbocycles. The lowest BCUT2D eigenvalue weighted by molar-refractivity contribution is 0.0176. The Labute approximate surface area is 147 Å². The molecule has 2 aromatic rings. The molecule has 6 nitrogen and oxygen atoms in total. The van der Waals surface area contributed by atoms with Gasteiger partial charge in [-0.25, -0.2) is 0 Å². The van der Waals surface area contributed by atoms with Crippen LogP contribution in [0.3, 0.4) is 0 Å². The number of anilines is 1. The summed E-state index contributed by atoms with van der Waals surface area (Å²) in [5.74, 6) is 0.566. The van der Waals surface area contributed by atoms with Gasteiger partial charge in [-0.15, -0.1) is 0 Å². The van der Waals surface area contributed by atoms with Crippen molar-refractivity contribution in [1.82, 2.24) is 9.47 Å². The normalized spacial score (nSPS) is 14.2. The van der Waals surface area contributed by atoms with Gasteiger partial charge in [0.15, 0.2) is 0 Å². The Morgan fingerprint density at radius 1 is 1.20 bits per heavy atom. The summed E-state index contributed by atoms with van der Waals surface area (Å²) in [7, 11) is 5.62. The highest BCUT2D eigenvalue weighted by molar-refractivity contribution is 5.95. The summed E-state index contributed by atoms with van der Waals surface area (Å²) in [5, 5.41) is 0. The second kappa shape index (κ2) is 6.63. The first-order chi connectivity index (χ1) is 11.8. The zero-order chi connectivity index (χ0) is 18.1. The van der Waals surface area contributed by atoms with Gasteiger partial charge in [0.2, 0.25) is 0 Å². The predicted molar refractivity (Wildman–Crippen MR) is 97.5 cm³/mol. The molecule has 0 N–H and O–H groups in total. The van der Waals surface area contributed by atoms with E-state index in [0.29, 0.717) is 24.4 Å². The summed E-state index contributed by atoms with van der Waals surface area (Å²) >= 11 is 0. The number of carbonyl (C=O) groups excluding carboxylic acids is 1. The number of hydrogen-bond donors (Lipinski definition) is 0. The second-order valence-corrected chi connectivity index (χ2v) is 6.62. The van der Waals surface area contributed by atoms with E-state index in [0.717, 1.165) is 11.4 Å². The number of rotatable bonds is 4. The molecule has 0 unspecified atom stereocenters. The minimum atomic E-state index is -0.0947. The van der Waals surface area contributed by atoms with E-state index >= 15 is 0 Å². The van der Waals surface area contributed by atoms with E-state index in [-0.39, 0.29) is 17.6 Å².